The van der Waals surface area contributed by atoms with E-state index in [0.29, 0.717) is 24.3 Å². The fourth-order valence-corrected chi connectivity index (χ4v) is 2.95. The Balaban J connectivity index is 2.09. The maximum absolute atomic E-state index is 12.8. The van der Waals surface area contributed by atoms with Gasteiger partial charge in [-0.2, -0.15) is 0 Å². The molecule has 0 aliphatic carbocycles. The highest BCUT2D eigenvalue weighted by molar-refractivity contribution is 5.98. The van der Waals surface area contributed by atoms with E-state index in [0.717, 1.165) is 0 Å². The molecule has 1 fully saturated rings. The molecule has 2 rings (SSSR count). The Labute approximate surface area is 154 Å². The van der Waals surface area contributed by atoms with Gasteiger partial charge in [0.2, 0.25) is 5.91 Å². The highest BCUT2D eigenvalue weighted by Crippen LogP contribution is 2.18. The Hall–Kier alpha value is -2.15. The second-order valence-electron chi connectivity index (χ2n) is 7.29. The number of aromatic amines is 1. The zero-order valence-electron chi connectivity index (χ0n) is 15.9. The van der Waals surface area contributed by atoms with Gasteiger partial charge in [0.05, 0.1) is 11.7 Å². The molecule has 0 spiro atoms. The van der Waals surface area contributed by atoms with E-state index in [1.165, 1.54) is 0 Å². The van der Waals surface area contributed by atoms with Gasteiger partial charge in [-0.15, -0.1) is 0 Å². The minimum absolute atomic E-state index is 0.0201. The normalized spacial score (nSPS) is 22.3. The lowest BCUT2D eigenvalue weighted by Crippen LogP contribution is -2.53. The summed E-state index contributed by atoms with van der Waals surface area (Å²) < 4.78 is 5.41. The molecule has 144 valence electrons. The largest absolute Gasteiger partial charge is 0.368 e. The molecule has 0 aromatic carbocycles. The molecule has 4 atom stereocenters. The van der Waals surface area contributed by atoms with Crippen molar-refractivity contribution in [1.82, 2.24) is 15.6 Å². The van der Waals surface area contributed by atoms with E-state index < -0.39 is 12.1 Å². The van der Waals surface area contributed by atoms with Crippen LogP contribution in [-0.4, -0.2) is 47.4 Å². The number of aromatic nitrogens is 1. The topological polar surface area (TPSA) is 100 Å². The number of hydrogen-bond acceptors (Lipinski definition) is 4. The molecule has 3 N–H and O–H groups in total. The Morgan fingerprint density at radius 3 is 2.65 bits per heavy atom. The van der Waals surface area contributed by atoms with E-state index in [1.807, 2.05) is 13.8 Å². The van der Waals surface area contributed by atoms with E-state index in [4.69, 9.17) is 4.74 Å². The number of amides is 2. The van der Waals surface area contributed by atoms with E-state index >= 15 is 0 Å². The van der Waals surface area contributed by atoms with Crippen molar-refractivity contribution in [2.45, 2.75) is 58.7 Å². The predicted octanol–water partition coefficient (Wildman–Crippen LogP) is 1.66. The van der Waals surface area contributed by atoms with E-state index in [-0.39, 0.29) is 36.2 Å². The molecule has 2 amide bonds. The number of ether oxygens (including phenoxy) is 1. The van der Waals surface area contributed by atoms with E-state index in [1.54, 1.807) is 18.5 Å². The lowest BCUT2D eigenvalue weighted by molar-refractivity contribution is -0.128. The average molecular weight is 363 g/mol. The van der Waals surface area contributed by atoms with Gasteiger partial charge in [0.1, 0.15) is 18.7 Å². The van der Waals surface area contributed by atoms with Crippen LogP contribution in [0, 0.1) is 11.8 Å². The van der Waals surface area contributed by atoms with Crippen molar-refractivity contribution in [3.8, 4) is 0 Å². The number of H-pyrrole nitrogens is 1. The standard InChI is InChI=1S/C19H29N3O4/c1-5-16-17(15(23)10-26-16)22-19(25)14(8-12(4)11(2)3)21-18(24)13-6-7-20-9-13/h6-7,9,11-12,14,16-17,20H,5,8,10H2,1-4H3,(H,21,24)(H,22,25)/t12?,14-,16?,17?/m0/s1. The van der Waals surface area contributed by atoms with Gasteiger partial charge in [-0.1, -0.05) is 27.7 Å². The highest BCUT2D eigenvalue weighted by atomic mass is 16.5. The summed E-state index contributed by atoms with van der Waals surface area (Å²) in [5, 5.41) is 5.59. The molecular formula is C19H29N3O4. The molecule has 0 radical (unpaired) electrons. The van der Waals surface area contributed by atoms with Gasteiger partial charge in [0.25, 0.3) is 5.91 Å². The second kappa shape index (κ2) is 8.98. The summed E-state index contributed by atoms with van der Waals surface area (Å²) in [6.07, 6.45) is 4.06. The summed E-state index contributed by atoms with van der Waals surface area (Å²) >= 11 is 0. The fraction of sp³-hybridized carbons (Fsp3) is 0.632. The molecule has 0 saturated carbocycles. The van der Waals surface area contributed by atoms with Crippen LogP contribution in [0.4, 0.5) is 0 Å². The van der Waals surface area contributed by atoms with Crippen molar-refractivity contribution < 1.29 is 19.1 Å². The van der Waals surface area contributed by atoms with Gasteiger partial charge in [-0.05, 0) is 30.7 Å². The molecule has 7 heteroatoms. The van der Waals surface area contributed by atoms with Crippen LogP contribution in [0.25, 0.3) is 0 Å². The van der Waals surface area contributed by atoms with Gasteiger partial charge in [0, 0.05) is 12.4 Å². The van der Waals surface area contributed by atoms with Crippen LogP contribution in [0.2, 0.25) is 0 Å². The molecule has 2 heterocycles. The molecule has 7 nitrogen and oxygen atoms in total. The first-order valence-corrected chi connectivity index (χ1v) is 9.21. The molecule has 1 saturated heterocycles. The minimum atomic E-state index is -0.708. The summed E-state index contributed by atoms with van der Waals surface area (Å²) in [5.74, 6) is -0.186. The van der Waals surface area contributed by atoms with E-state index in [2.05, 4.69) is 29.5 Å². The van der Waals surface area contributed by atoms with Crippen LogP contribution < -0.4 is 10.6 Å². The third-order valence-corrected chi connectivity index (χ3v) is 5.09. The molecule has 0 bridgehead atoms. The highest BCUT2D eigenvalue weighted by Gasteiger charge is 2.37. The molecule has 1 aliphatic rings. The van der Waals surface area contributed by atoms with Crippen LogP contribution in [-0.2, 0) is 14.3 Å². The van der Waals surface area contributed by atoms with Gasteiger partial charge >= 0.3 is 0 Å². The summed E-state index contributed by atoms with van der Waals surface area (Å²) in [4.78, 5) is 40.1. The van der Waals surface area contributed by atoms with E-state index in [9.17, 15) is 14.4 Å². The number of carbonyl (C=O) groups excluding carboxylic acids is 3. The first kappa shape index (κ1) is 20.2. The van der Waals surface area contributed by atoms with Crippen LogP contribution in [0.3, 0.4) is 0 Å². The smallest absolute Gasteiger partial charge is 0.253 e. The van der Waals surface area contributed by atoms with Crippen molar-refractivity contribution in [3.05, 3.63) is 24.0 Å². The Morgan fingerprint density at radius 1 is 1.35 bits per heavy atom. The molecule has 3 unspecified atom stereocenters. The molecule has 1 aromatic rings. The first-order chi connectivity index (χ1) is 12.3. The Kier molecular flexibility index (Phi) is 6.97. The first-order valence-electron chi connectivity index (χ1n) is 9.21. The maximum Gasteiger partial charge on any atom is 0.253 e. The zero-order chi connectivity index (χ0) is 19.3. The van der Waals surface area contributed by atoms with Crippen LogP contribution >= 0.6 is 0 Å². The molecule has 1 aromatic heterocycles. The maximum atomic E-state index is 12.8. The monoisotopic (exact) mass is 363 g/mol. The SMILES string of the molecule is CCC1OCC(=O)C1NC(=O)[C@H](CC(C)C(C)C)NC(=O)c1cc[nH]c1. The third-order valence-electron chi connectivity index (χ3n) is 5.09. The number of rotatable bonds is 8. The summed E-state index contributed by atoms with van der Waals surface area (Å²) in [5.41, 5.74) is 0.465. The van der Waals surface area contributed by atoms with Gasteiger partial charge in [-0.25, -0.2) is 0 Å². The van der Waals surface area contributed by atoms with Gasteiger partial charge in [-0.3, -0.25) is 14.4 Å². The van der Waals surface area contributed by atoms with Crippen molar-refractivity contribution in [2.75, 3.05) is 6.61 Å². The zero-order valence-corrected chi connectivity index (χ0v) is 15.9. The molecule has 1 aliphatic heterocycles. The number of nitrogens with one attached hydrogen (secondary N) is 3. The molecular weight excluding hydrogens is 334 g/mol. The number of Topliss-reactive ketones (excluding diaryl/α,β-unsaturated/α-hetero) is 1. The fourth-order valence-electron chi connectivity index (χ4n) is 2.95. The number of ketones is 1. The second-order valence-corrected chi connectivity index (χ2v) is 7.29. The average Bonchev–Trinajstić information content (AvgIpc) is 3.24. The third kappa shape index (κ3) is 4.94. The predicted molar refractivity (Wildman–Crippen MR) is 97.6 cm³/mol. The lowest BCUT2D eigenvalue weighted by atomic mass is 9.90. The Morgan fingerprint density at radius 2 is 2.08 bits per heavy atom. The number of carbonyl (C=O) groups is 3. The van der Waals surface area contributed by atoms with Crippen LogP contribution in [0.1, 0.15) is 50.9 Å². The lowest BCUT2D eigenvalue weighted by Gasteiger charge is -2.26. The number of hydrogen-bond donors (Lipinski definition) is 3. The van der Waals surface area contributed by atoms with Crippen molar-refractivity contribution in [2.24, 2.45) is 11.8 Å². The molecule has 26 heavy (non-hydrogen) atoms. The Bertz CT molecular complexity index is 627. The summed E-state index contributed by atoms with van der Waals surface area (Å²) in [6, 6.07) is 0.298. The van der Waals surface area contributed by atoms with Crippen molar-refractivity contribution in [3.63, 3.8) is 0 Å². The van der Waals surface area contributed by atoms with Gasteiger partial charge < -0.3 is 20.4 Å². The van der Waals surface area contributed by atoms with Crippen LogP contribution in [0.5, 0.6) is 0 Å². The van der Waals surface area contributed by atoms with Crippen molar-refractivity contribution >= 4 is 17.6 Å². The minimum Gasteiger partial charge on any atom is -0.368 e. The van der Waals surface area contributed by atoms with Crippen LogP contribution in [0.15, 0.2) is 18.5 Å². The summed E-state index contributed by atoms with van der Waals surface area (Å²) in [6.45, 7) is 8.14. The van der Waals surface area contributed by atoms with Crippen molar-refractivity contribution in [1.29, 1.82) is 0 Å². The summed E-state index contributed by atoms with van der Waals surface area (Å²) in [7, 11) is 0. The quantitative estimate of drug-likeness (QED) is 0.654. The van der Waals surface area contributed by atoms with Gasteiger partial charge in [0.15, 0.2) is 5.78 Å².